The Morgan fingerprint density at radius 2 is 1.86 bits per heavy atom. The van der Waals surface area contributed by atoms with Gasteiger partial charge in [-0.15, -0.1) is 0 Å². The molecule has 0 aliphatic rings. The third-order valence-electron chi connectivity index (χ3n) is 4.15. The molecule has 0 fully saturated rings. The molecule has 0 aromatic heterocycles. The summed E-state index contributed by atoms with van der Waals surface area (Å²) in [5.41, 5.74) is 1.67. The third kappa shape index (κ3) is 6.20. The second-order valence-electron chi connectivity index (χ2n) is 6.46. The van der Waals surface area contributed by atoms with E-state index in [1.54, 1.807) is 37.3 Å². The second-order valence-corrected chi connectivity index (χ2v) is 9.08. The maximum atomic E-state index is 12.7. The van der Waals surface area contributed by atoms with Crippen LogP contribution in [0, 0.1) is 6.92 Å². The molecule has 1 unspecified atom stereocenters. The highest BCUT2D eigenvalue weighted by atomic mass is 35.5. The summed E-state index contributed by atoms with van der Waals surface area (Å²) in [6.45, 7) is 3.42. The molecule has 0 spiro atoms. The number of halogens is 1. The van der Waals surface area contributed by atoms with Crippen molar-refractivity contribution in [2.75, 3.05) is 23.5 Å². The van der Waals surface area contributed by atoms with Crippen LogP contribution in [-0.4, -0.2) is 38.3 Å². The average molecular weight is 439 g/mol. The lowest BCUT2D eigenvalue weighted by molar-refractivity contribution is -0.115. The van der Waals surface area contributed by atoms with Gasteiger partial charge in [0.1, 0.15) is 16.8 Å². The number of ether oxygens (including phenoxy) is 1. The SMILES string of the molecule is CCC(C(=O)Nc1cc(Cl)ccc1OC)S(=O)(=O)CC(=O)Nc1cccc(C)c1. The molecular formula is C20H23ClN2O5S. The number of methoxy groups -OCH3 is 1. The van der Waals surface area contributed by atoms with E-state index in [4.69, 9.17) is 16.3 Å². The number of hydrogen-bond donors (Lipinski definition) is 2. The van der Waals surface area contributed by atoms with Crippen LogP contribution in [-0.2, 0) is 19.4 Å². The summed E-state index contributed by atoms with van der Waals surface area (Å²) in [5.74, 6) is -1.93. The van der Waals surface area contributed by atoms with Gasteiger partial charge in [0.25, 0.3) is 0 Å². The van der Waals surface area contributed by atoms with Crippen molar-refractivity contribution in [2.45, 2.75) is 25.5 Å². The Kier molecular flexibility index (Phi) is 7.64. The molecule has 7 nitrogen and oxygen atoms in total. The smallest absolute Gasteiger partial charge is 0.242 e. The highest BCUT2D eigenvalue weighted by molar-refractivity contribution is 7.93. The Bertz CT molecular complexity index is 1010. The Morgan fingerprint density at radius 1 is 1.14 bits per heavy atom. The van der Waals surface area contributed by atoms with Gasteiger partial charge in [-0.25, -0.2) is 8.42 Å². The molecule has 0 aliphatic heterocycles. The molecule has 0 saturated heterocycles. The normalized spacial score (nSPS) is 12.1. The van der Waals surface area contributed by atoms with E-state index < -0.39 is 32.7 Å². The van der Waals surface area contributed by atoms with Gasteiger partial charge in [0.05, 0.1) is 12.8 Å². The van der Waals surface area contributed by atoms with Crippen LogP contribution in [0.3, 0.4) is 0 Å². The summed E-state index contributed by atoms with van der Waals surface area (Å²) in [6.07, 6.45) is 0.00870. The number of carbonyl (C=O) groups is 2. The van der Waals surface area contributed by atoms with E-state index in [9.17, 15) is 18.0 Å². The van der Waals surface area contributed by atoms with Gasteiger partial charge < -0.3 is 15.4 Å². The van der Waals surface area contributed by atoms with Gasteiger partial charge in [-0.1, -0.05) is 30.7 Å². The number of hydrogen-bond acceptors (Lipinski definition) is 5. The van der Waals surface area contributed by atoms with Gasteiger partial charge in [-0.3, -0.25) is 9.59 Å². The maximum Gasteiger partial charge on any atom is 0.242 e. The summed E-state index contributed by atoms with van der Waals surface area (Å²) in [7, 11) is -2.63. The van der Waals surface area contributed by atoms with E-state index >= 15 is 0 Å². The molecule has 0 bridgehead atoms. The summed E-state index contributed by atoms with van der Waals surface area (Å²) in [6, 6.07) is 11.6. The number of sulfone groups is 1. The first-order chi connectivity index (χ1) is 13.7. The van der Waals surface area contributed by atoms with Crippen molar-refractivity contribution in [3.63, 3.8) is 0 Å². The fraction of sp³-hybridized carbons (Fsp3) is 0.300. The molecular weight excluding hydrogens is 416 g/mol. The standard InChI is InChI=1S/C20H23ClN2O5S/c1-4-18(20(25)23-16-11-14(21)8-9-17(16)28-3)29(26,27)12-19(24)22-15-7-5-6-13(2)10-15/h5-11,18H,4,12H2,1-3H3,(H,22,24)(H,23,25). The quantitative estimate of drug-likeness (QED) is 0.657. The predicted octanol–water partition coefficient (Wildman–Crippen LogP) is 3.43. The molecule has 0 aliphatic carbocycles. The summed E-state index contributed by atoms with van der Waals surface area (Å²) in [5, 5.41) is 4.04. The van der Waals surface area contributed by atoms with Crippen molar-refractivity contribution in [1.82, 2.24) is 0 Å². The highest BCUT2D eigenvalue weighted by Gasteiger charge is 2.33. The molecule has 2 aromatic rings. The van der Waals surface area contributed by atoms with E-state index in [1.165, 1.54) is 13.2 Å². The molecule has 1 atom stereocenters. The molecule has 2 aromatic carbocycles. The summed E-state index contributed by atoms with van der Waals surface area (Å²) < 4.78 is 30.6. The highest BCUT2D eigenvalue weighted by Crippen LogP contribution is 2.28. The molecule has 9 heteroatoms. The van der Waals surface area contributed by atoms with Crippen molar-refractivity contribution in [3.8, 4) is 5.75 Å². The monoisotopic (exact) mass is 438 g/mol. The number of carbonyl (C=O) groups excluding carboxylic acids is 2. The van der Waals surface area contributed by atoms with E-state index in [1.807, 2.05) is 13.0 Å². The van der Waals surface area contributed by atoms with Crippen molar-refractivity contribution in [3.05, 3.63) is 53.1 Å². The number of benzene rings is 2. The molecule has 2 N–H and O–H groups in total. The predicted molar refractivity (Wildman–Crippen MR) is 114 cm³/mol. The van der Waals surface area contributed by atoms with Crippen LogP contribution < -0.4 is 15.4 Å². The average Bonchev–Trinajstić information content (AvgIpc) is 2.61. The van der Waals surface area contributed by atoms with Gasteiger partial charge in [0.2, 0.25) is 11.8 Å². The van der Waals surface area contributed by atoms with Gasteiger partial charge in [0.15, 0.2) is 9.84 Å². The van der Waals surface area contributed by atoms with Crippen molar-refractivity contribution >= 4 is 44.6 Å². The van der Waals surface area contributed by atoms with E-state index in [0.29, 0.717) is 16.5 Å². The first-order valence-corrected chi connectivity index (χ1v) is 11.0. The lowest BCUT2D eigenvalue weighted by Crippen LogP contribution is -2.39. The molecule has 2 rings (SSSR count). The van der Waals surface area contributed by atoms with Crippen LogP contribution in [0.25, 0.3) is 0 Å². The first-order valence-electron chi connectivity index (χ1n) is 8.88. The zero-order valence-corrected chi connectivity index (χ0v) is 17.9. The minimum Gasteiger partial charge on any atom is -0.495 e. The summed E-state index contributed by atoms with van der Waals surface area (Å²) >= 11 is 5.94. The van der Waals surface area contributed by atoms with Crippen LogP contribution in [0.1, 0.15) is 18.9 Å². The molecule has 0 heterocycles. The Hall–Kier alpha value is -2.58. The zero-order valence-electron chi connectivity index (χ0n) is 16.4. The van der Waals surface area contributed by atoms with Crippen LogP contribution in [0.5, 0.6) is 5.75 Å². The molecule has 2 amide bonds. The van der Waals surface area contributed by atoms with Crippen LogP contribution >= 0.6 is 11.6 Å². The zero-order chi connectivity index (χ0) is 21.6. The number of nitrogens with one attached hydrogen (secondary N) is 2. The number of rotatable bonds is 8. The van der Waals surface area contributed by atoms with E-state index in [-0.39, 0.29) is 12.1 Å². The number of anilines is 2. The van der Waals surface area contributed by atoms with Crippen LogP contribution in [0.15, 0.2) is 42.5 Å². The lowest BCUT2D eigenvalue weighted by atomic mass is 10.2. The Morgan fingerprint density at radius 3 is 2.48 bits per heavy atom. The van der Waals surface area contributed by atoms with Gasteiger partial charge in [0, 0.05) is 10.7 Å². The van der Waals surface area contributed by atoms with Gasteiger partial charge >= 0.3 is 0 Å². The fourth-order valence-corrected chi connectivity index (χ4v) is 4.50. The fourth-order valence-electron chi connectivity index (χ4n) is 2.80. The van der Waals surface area contributed by atoms with Crippen molar-refractivity contribution in [1.29, 1.82) is 0 Å². The number of amides is 2. The van der Waals surface area contributed by atoms with E-state index in [2.05, 4.69) is 10.6 Å². The minimum atomic E-state index is -4.05. The van der Waals surface area contributed by atoms with Crippen molar-refractivity contribution in [2.24, 2.45) is 0 Å². The lowest BCUT2D eigenvalue weighted by Gasteiger charge is -2.17. The molecule has 156 valence electrons. The van der Waals surface area contributed by atoms with E-state index in [0.717, 1.165) is 5.56 Å². The van der Waals surface area contributed by atoms with Crippen LogP contribution in [0.2, 0.25) is 5.02 Å². The molecule has 29 heavy (non-hydrogen) atoms. The van der Waals surface area contributed by atoms with Crippen molar-refractivity contribution < 1.29 is 22.7 Å². The minimum absolute atomic E-state index is 0.00870. The van der Waals surface area contributed by atoms with Crippen LogP contribution in [0.4, 0.5) is 11.4 Å². The second kappa shape index (κ2) is 9.76. The first kappa shape index (κ1) is 22.7. The Labute approximate surface area is 175 Å². The number of aryl methyl sites for hydroxylation is 1. The summed E-state index contributed by atoms with van der Waals surface area (Å²) in [4.78, 5) is 24.9. The molecule has 0 radical (unpaired) electrons. The topological polar surface area (TPSA) is 102 Å². The largest absolute Gasteiger partial charge is 0.495 e. The third-order valence-corrected chi connectivity index (χ3v) is 6.46. The maximum absolute atomic E-state index is 12.7. The Balaban J connectivity index is 2.13. The van der Waals surface area contributed by atoms with Gasteiger partial charge in [-0.2, -0.15) is 0 Å². The molecule has 0 saturated carbocycles. The van der Waals surface area contributed by atoms with Gasteiger partial charge in [-0.05, 0) is 49.2 Å².